The van der Waals surface area contributed by atoms with Gasteiger partial charge in [0, 0.05) is 11.9 Å². The summed E-state index contributed by atoms with van der Waals surface area (Å²) in [5, 5.41) is 0. The molecule has 1 unspecified atom stereocenters. The van der Waals surface area contributed by atoms with Gasteiger partial charge in [-0.1, -0.05) is 11.6 Å². The molecule has 6 heteroatoms. The molecule has 4 N–H and O–H groups in total. The van der Waals surface area contributed by atoms with Crippen LogP contribution in [0, 0.1) is 0 Å². The molecule has 0 aromatic carbocycles. The fourth-order valence-electron chi connectivity index (χ4n) is 0.826. The first-order valence-corrected chi connectivity index (χ1v) is 4.82. The Morgan fingerprint density at radius 2 is 2.38 bits per heavy atom. The van der Waals surface area contributed by atoms with Crippen LogP contribution in [0.4, 0.5) is 0 Å². The third-order valence-electron chi connectivity index (χ3n) is 1.43. The van der Waals surface area contributed by atoms with Crippen molar-refractivity contribution in [2.24, 2.45) is 5.73 Å². The molecule has 4 nitrogen and oxygen atoms in total. The van der Waals surface area contributed by atoms with E-state index in [2.05, 4.69) is 10.9 Å². The molecule has 0 saturated carbocycles. The Balaban J connectivity index is 2.67. The molecular weight excluding hydrogens is 210 g/mol. The minimum atomic E-state index is -0.662. The van der Waals surface area contributed by atoms with Gasteiger partial charge in [0.25, 0.3) is 5.91 Å². The predicted molar refractivity (Wildman–Crippen MR) is 53.5 cm³/mol. The zero-order valence-electron chi connectivity index (χ0n) is 7.00. The predicted octanol–water partition coefficient (Wildman–Crippen LogP) is 0.652. The number of nitrogens with two attached hydrogens (primary N) is 1. The number of hydrogen-bond acceptors (Lipinski definition) is 4. The highest BCUT2D eigenvalue weighted by molar-refractivity contribution is 7.16. The lowest BCUT2D eigenvalue weighted by molar-refractivity contribution is -0.123. The molecule has 0 saturated heterocycles. The molecule has 0 radical (unpaired) electrons. The van der Waals surface area contributed by atoms with Crippen molar-refractivity contribution in [1.29, 1.82) is 0 Å². The molecular formula is C7H10ClN3OS. The van der Waals surface area contributed by atoms with Crippen molar-refractivity contribution in [1.82, 2.24) is 10.9 Å². The van der Waals surface area contributed by atoms with Gasteiger partial charge >= 0.3 is 0 Å². The van der Waals surface area contributed by atoms with E-state index < -0.39 is 6.04 Å². The third-order valence-corrected chi connectivity index (χ3v) is 2.75. The van der Waals surface area contributed by atoms with E-state index in [1.165, 1.54) is 11.3 Å². The molecule has 72 valence electrons. The summed E-state index contributed by atoms with van der Waals surface area (Å²) in [5.74, 6) is -0.277. The Morgan fingerprint density at radius 3 is 2.85 bits per heavy atom. The highest BCUT2D eigenvalue weighted by Crippen LogP contribution is 2.25. The summed E-state index contributed by atoms with van der Waals surface area (Å²) in [6.45, 7) is 0. The van der Waals surface area contributed by atoms with E-state index in [-0.39, 0.29) is 5.91 Å². The standard InChI is InChI=1S/C7H10ClN3OS/c1-10-11-7(12)6(9)4-2-3-5(8)13-4/h2-3,6,10H,9H2,1H3,(H,11,12). The summed E-state index contributed by atoms with van der Waals surface area (Å²) in [7, 11) is 1.60. The van der Waals surface area contributed by atoms with Gasteiger partial charge in [-0.05, 0) is 12.1 Å². The molecule has 0 aliphatic rings. The number of carbonyl (C=O) groups excluding carboxylic acids is 1. The van der Waals surface area contributed by atoms with E-state index in [1.54, 1.807) is 19.2 Å². The molecule has 1 heterocycles. The summed E-state index contributed by atoms with van der Waals surface area (Å²) in [4.78, 5) is 12.0. The fraction of sp³-hybridized carbons (Fsp3) is 0.286. The number of carbonyl (C=O) groups is 1. The van der Waals surface area contributed by atoms with Gasteiger partial charge in [0.15, 0.2) is 0 Å². The molecule has 1 atom stereocenters. The van der Waals surface area contributed by atoms with Crippen molar-refractivity contribution in [3.05, 3.63) is 21.3 Å². The maximum atomic E-state index is 11.2. The number of rotatable bonds is 3. The van der Waals surface area contributed by atoms with E-state index in [9.17, 15) is 4.79 Å². The SMILES string of the molecule is CNNC(=O)C(N)c1ccc(Cl)s1. The number of halogens is 1. The Labute approximate surface area is 85.0 Å². The van der Waals surface area contributed by atoms with Crippen LogP contribution in [-0.4, -0.2) is 13.0 Å². The van der Waals surface area contributed by atoms with Crippen molar-refractivity contribution in [3.8, 4) is 0 Å². The van der Waals surface area contributed by atoms with Gasteiger partial charge in [0.2, 0.25) is 0 Å². The fourth-order valence-corrected chi connectivity index (χ4v) is 1.89. The van der Waals surface area contributed by atoms with Gasteiger partial charge in [-0.2, -0.15) is 0 Å². The minimum Gasteiger partial charge on any atom is -0.315 e. The van der Waals surface area contributed by atoms with E-state index in [0.29, 0.717) is 4.34 Å². The number of nitrogens with one attached hydrogen (secondary N) is 2. The topological polar surface area (TPSA) is 67.1 Å². The Morgan fingerprint density at radius 1 is 1.69 bits per heavy atom. The highest BCUT2D eigenvalue weighted by Gasteiger charge is 2.16. The van der Waals surface area contributed by atoms with Gasteiger partial charge < -0.3 is 5.73 Å². The maximum Gasteiger partial charge on any atom is 0.256 e. The lowest BCUT2D eigenvalue weighted by atomic mass is 10.2. The molecule has 0 fully saturated rings. The van der Waals surface area contributed by atoms with Crippen LogP contribution in [-0.2, 0) is 4.79 Å². The van der Waals surface area contributed by atoms with E-state index in [0.717, 1.165) is 4.88 Å². The first kappa shape index (κ1) is 10.5. The van der Waals surface area contributed by atoms with Crippen LogP contribution in [0.3, 0.4) is 0 Å². The maximum absolute atomic E-state index is 11.2. The summed E-state index contributed by atoms with van der Waals surface area (Å²) < 4.78 is 0.628. The number of hydrazine groups is 1. The van der Waals surface area contributed by atoms with E-state index in [1.807, 2.05) is 0 Å². The van der Waals surface area contributed by atoms with Crippen molar-refractivity contribution in [3.63, 3.8) is 0 Å². The second-order valence-electron chi connectivity index (χ2n) is 2.36. The van der Waals surface area contributed by atoms with Crippen LogP contribution in [0.5, 0.6) is 0 Å². The quantitative estimate of drug-likeness (QED) is 0.654. The van der Waals surface area contributed by atoms with Crippen LogP contribution < -0.4 is 16.6 Å². The molecule has 1 aromatic heterocycles. The lowest BCUT2D eigenvalue weighted by Gasteiger charge is -2.08. The average molecular weight is 220 g/mol. The van der Waals surface area contributed by atoms with Crippen molar-refractivity contribution >= 4 is 28.8 Å². The van der Waals surface area contributed by atoms with Crippen molar-refractivity contribution in [2.45, 2.75) is 6.04 Å². The first-order valence-electron chi connectivity index (χ1n) is 3.62. The smallest absolute Gasteiger partial charge is 0.256 e. The van der Waals surface area contributed by atoms with Gasteiger partial charge in [0.1, 0.15) is 6.04 Å². The van der Waals surface area contributed by atoms with E-state index >= 15 is 0 Å². The summed E-state index contributed by atoms with van der Waals surface area (Å²) in [5.41, 5.74) is 10.6. The van der Waals surface area contributed by atoms with Gasteiger partial charge in [-0.15, -0.1) is 11.3 Å². The van der Waals surface area contributed by atoms with Crippen LogP contribution in [0.15, 0.2) is 12.1 Å². The van der Waals surface area contributed by atoms with Crippen LogP contribution >= 0.6 is 22.9 Å². The number of thiophene rings is 1. The molecule has 0 aliphatic heterocycles. The number of hydrogen-bond donors (Lipinski definition) is 3. The first-order chi connectivity index (χ1) is 6.15. The van der Waals surface area contributed by atoms with Gasteiger partial charge in [0.05, 0.1) is 4.34 Å². The molecule has 13 heavy (non-hydrogen) atoms. The number of amides is 1. The average Bonchev–Trinajstić information content (AvgIpc) is 2.51. The van der Waals surface area contributed by atoms with Crippen LogP contribution in [0.1, 0.15) is 10.9 Å². The van der Waals surface area contributed by atoms with Crippen molar-refractivity contribution < 1.29 is 4.79 Å². The minimum absolute atomic E-state index is 0.277. The lowest BCUT2D eigenvalue weighted by Crippen LogP contribution is -2.40. The molecule has 1 rings (SSSR count). The van der Waals surface area contributed by atoms with Crippen molar-refractivity contribution in [2.75, 3.05) is 7.05 Å². The molecule has 1 aromatic rings. The van der Waals surface area contributed by atoms with Crippen LogP contribution in [0.2, 0.25) is 4.34 Å². The second-order valence-corrected chi connectivity index (χ2v) is 4.11. The zero-order chi connectivity index (χ0) is 9.84. The molecule has 0 bridgehead atoms. The molecule has 1 amide bonds. The monoisotopic (exact) mass is 219 g/mol. The summed E-state index contributed by atoms with van der Waals surface area (Å²) >= 11 is 7.00. The Bertz CT molecular complexity index is 302. The highest BCUT2D eigenvalue weighted by atomic mass is 35.5. The summed E-state index contributed by atoms with van der Waals surface area (Å²) in [6, 6.07) is 2.80. The van der Waals surface area contributed by atoms with Gasteiger partial charge in [-0.3, -0.25) is 10.2 Å². The Kier molecular flexibility index (Phi) is 3.68. The second kappa shape index (κ2) is 4.57. The molecule has 0 spiro atoms. The van der Waals surface area contributed by atoms with Gasteiger partial charge in [-0.25, -0.2) is 5.43 Å². The largest absolute Gasteiger partial charge is 0.315 e. The van der Waals surface area contributed by atoms with E-state index in [4.69, 9.17) is 17.3 Å². The zero-order valence-corrected chi connectivity index (χ0v) is 8.58. The normalized spacial score (nSPS) is 12.5. The third kappa shape index (κ3) is 2.67. The molecule has 0 aliphatic carbocycles. The van der Waals surface area contributed by atoms with Crippen LogP contribution in [0.25, 0.3) is 0 Å². The Hall–Kier alpha value is -0.620. The summed E-state index contributed by atoms with van der Waals surface area (Å²) in [6.07, 6.45) is 0.